The Morgan fingerprint density at radius 1 is 1.05 bits per heavy atom. The lowest BCUT2D eigenvalue weighted by atomic mass is 10.1. The molecular weight excluding hydrogens is 508 g/mol. The fourth-order valence-corrected chi connectivity index (χ4v) is 5.17. The number of hydrogen-bond acceptors (Lipinski definition) is 8. The second-order valence-corrected chi connectivity index (χ2v) is 9.78. The van der Waals surface area contributed by atoms with Crippen LogP contribution >= 0.6 is 11.3 Å². The first kappa shape index (κ1) is 25.4. The Kier molecular flexibility index (Phi) is 7.36. The number of thiophene rings is 1. The van der Waals surface area contributed by atoms with E-state index in [1.807, 2.05) is 48.5 Å². The molecule has 2 amide bonds. The van der Waals surface area contributed by atoms with Gasteiger partial charge in [0.25, 0.3) is 11.8 Å². The third-order valence-corrected chi connectivity index (χ3v) is 7.22. The van der Waals surface area contributed by atoms with Gasteiger partial charge in [-0.25, -0.2) is 4.79 Å². The van der Waals surface area contributed by atoms with Crippen LogP contribution in [-0.4, -0.2) is 71.0 Å². The van der Waals surface area contributed by atoms with Crippen molar-refractivity contribution in [1.82, 2.24) is 20.1 Å². The van der Waals surface area contributed by atoms with Crippen molar-refractivity contribution < 1.29 is 24.2 Å². The van der Waals surface area contributed by atoms with Crippen molar-refractivity contribution in [3.05, 3.63) is 76.7 Å². The number of carbonyl (C=O) groups is 3. The van der Waals surface area contributed by atoms with E-state index in [0.717, 1.165) is 40.4 Å². The smallest absolute Gasteiger partial charge is 0.433 e. The van der Waals surface area contributed by atoms with Crippen LogP contribution in [0, 0.1) is 0 Å². The third-order valence-electron chi connectivity index (χ3n) is 6.11. The quantitative estimate of drug-likeness (QED) is 0.308. The van der Waals surface area contributed by atoms with E-state index < -0.39 is 17.9 Å². The third kappa shape index (κ3) is 5.52. The minimum atomic E-state index is -1.32. The van der Waals surface area contributed by atoms with Crippen molar-refractivity contribution >= 4 is 51.0 Å². The number of carboxylic acid groups (broad SMARTS) is 1. The summed E-state index contributed by atoms with van der Waals surface area (Å²) in [5.41, 5.74) is 4.95. The molecule has 2 aromatic carbocycles. The Hall–Kier alpha value is -4.26. The highest BCUT2D eigenvalue weighted by Gasteiger charge is 2.23. The molecule has 1 aliphatic heterocycles. The summed E-state index contributed by atoms with van der Waals surface area (Å²) in [5.74, 6) is -0.771. The number of morpholine rings is 1. The molecule has 1 aliphatic rings. The van der Waals surface area contributed by atoms with E-state index in [1.54, 1.807) is 18.1 Å². The van der Waals surface area contributed by atoms with E-state index in [0.29, 0.717) is 30.7 Å². The number of nitrogens with one attached hydrogen (secondary N) is 2. The van der Waals surface area contributed by atoms with Crippen LogP contribution in [0.3, 0.4) is 0 Å². The van der Waals surface area contributed by atoms with Crippen LogP contribution in [-0.2, 0) is 11.3 Å². The number of nitrogens with zero attached hydrogens (tertiary/aromatic N) is 4. The van der Waals surface area contributed by atoms with Gasteiger partial charge in [0, 0.05) is 32.2 Å². The highest BCUT2D eigenvalue weighted by molar-refractivity contribution is 7.20. The number of rotatable bonds is 7. The van der Waals surface area contributed by atoms with Gasteiger partial charge in [-0.1, -0.05) is 30.3 Å². The van der Waals surface area contributed by atoms with Gasteiger partial charge in [0.1, 0.15) is 4.83 Å². The minimum absolute atomic E-state index is 0.0673. The largest absolute Gasteiger partial charge is 0.463 e. The number of fused-ring (bicyclic) bond motifs is 1. The van der Waals surface area contributed by atoms with Gasteiger partial charge in [-0.3, -0.25) is 24.9 Å². The number of para-hydroxylation sites is 1. The molecule has 11 nitrogen and oxygen atoms in total. The summed E-state index contributed by atoms with van der Waals surface area (Å²) in [6.45, 7) is 3.73. The Morgan fingerprint density at radius 3 is 2.55 bits per heavy atom. The molecule has 0 radical (unpaired) electrons. The summed E-state index contributed by atoms with van der Waals surface area (Å²) in [4.78, 5) is 40.6. The molecule has 38 heavy (non-hydrogen) atoms. The molecule has 5 rings (SSSR count). The van der Waals surface area contributed by atoms with Crippen LogP contribution in [0.4, 0.5) is 16.3 Å². The van der Waals surface area contributed by atoms with Crippen LogP contribution in [0.1, 0.15) is 25.6 Å². The number of aromatic nitrogens is 2. The monoisotopic (exact) mass is 534 g/mol. The topological polar surface area (TPSA) is 129 Å². The Balaban J connectivity index is 1.35. The van der Waals surface area contributed by atoms with Gasteiger partial charge in [-0.15, -0.1) is 16.4 Å². The van der Waals surface area contributed by atoms with Crippen LogP contribution in [0.5, 0.6) is 0 Å². The van der Waals surface area contributed by atoms with E-state index in [1.165, 1.54) is 6.07 Å². The minimum Gasteiger partial charge on any atom is -0.463 e. The van der Waals surface area contributed by atoms with E-state index in [9.17, 15) is 19.5 Å². The molecular formula is C26H26N6O5S. The van der Waals surface area contributed by atoms with Gasteiger partial charge in [-0.2, -0.15) is 4.68 Å². The molecule has 2 aromatic heterocycles. The van der Waals surface area contributed by atoms with Gasteiger partial charge >= 0.3 is 6.09 Å². The fourth-order valence-electron chi connectivity index (χ4n) is 4.17. The summed E-state index contributed by atoms with van der Waals surface area (Å²) >= 11 is 0.977. The molecule has 1 fully saturated rings. The molecule has 0 atom stereocenters. The zero-order valence-corrected chi connectivity index (χ0v) is 21.4. The average Bonchev–Trinajstić information content (AvgIpc) is 3.50. The molecule has 3 heterocycles. The highest BCUT2D eigenvalue weighted by atomic mass is 32.1. The molecule has 196 valence electrons. The van der Waals surface area contributed by atoms with Crippen LogP contribution < -0.4 is 15.8 Å². The predicted molar refractivity (Wildman–Crippen MR) is 144 cm³/mol. The van der Waals surface area contributed by atoms with E-state index >= 15 is 0 Å². The zero-order chi connectivity index (χ0) is 26.6. The van der Waals surface area contributed by atoms with E-state index in [4.69, 9.17) is 4.74 Å². The van der Waals surface area contributed by atoms with Crippen molar-refractivity contribution in [2.24, 2.45) is 0 Å². The Labute approximate surface area is 222 Å². The number of anilines is 2. The number of hydrogen-bond donors (Lipinski definition) is 3. The lowest BCUT2D eigenvalue weighted by Gasteiger charge is -2.26. The summed E-state index contributed by atoms with van der Waals surface area (Å²) in [5, 5.41) is 18.4. The van der Waals surface area contributed by atoms with Crippen molar-refractivity contribution in [2.45, 2.75) is 6.54 Å². The molecule has 0 bridgehead atoms. The van der Waals surface area contributed by atoms with E-state index in [2.05, 4.69) is 20.7 Å². The average molecular weight is 535 g/mol. The molecule has 0 unspecified atom stereocenters. The second kappa shape index (κ2) is 11.0. The van der Waals surface area contributed by atoms with Crippen molar-refractivity contribution in [3.63, 3.8) is 0 Å². The molecule has 12 heteroatoms. The summed E-state index contributed by atoms with van der Waals surface area (Å²) in [6, 6.07) is 18.1. The second-order valence-electron chi connectivity index (χ2n) is 8.75. The zero-order valence-electron chi connectivity index (χ0n) is 20.6. The molecule has 0 aliphatic carbocycles. The first-order valence-corrected chi connectivity index (χ1v) is 12.8. The van der Waals surface area contributed by atoms with Crippen LogP contribution in [0.15, 0.2) is 60.7 Å². The van der Waals surface area contributed by atoms with Crippen molar-refractivity contribution in [1.29, 1.82) is 0 Å². The lowest BCUT2D eigenvalue weighted by molar-refractivity contribution is 0.0342. The standard InChI is InChI=1S/C26H26N6O5S/c1-30(19-8-3-2-4-9-19)29-24(34)21-15-20-22(28-32(26(35)36)25(20)38-21)27-23(33)18-7-5-6-17(14-18)16-31-10-12-37-13-11-31/h2-9,14-15H,10-13,16H2,1H3,(H,29,34)(H,35,36)(H,27,28,33). The van der Waals surface area contributed by atoms with Crippen molar-refractivity contribution in [2.75, 3.05) is 43.7 Å². The maximum absolute atomic E-state index is 13.1. The fraction of sp³-hybridized carbons (Fsp3) is 0.231. The molecule has 0 spiro atoms. The van der Waals surface area contributed by atoms with Gasteiger partial charge in [0.05, 0.1) is 29.2 Å². The normalized spacial score (nSPS) is 13.8. The number of carbonyl (C=O) groups excluding carboxylic acids is 2. The molecule has 1 saturated heterocycles. The van der Waals surface area contributed by atoms with E-state index in [-0.39, 0.29) is 15.5 Å². The van der Waals surface area contributed by atoms with Gasteiger partial charge < -0.3 is 15.2 Å². The van der Waals surface area contributed by atoms with Gasteiger partial charge in [0.15, 0.2) is 5.82 Å². The number of benzene rings is 2. The van der Waals surface area contributed by atoms with Gasteiger partial charge in [-0.05, 0) is 35.9 Å². The lowest BCUT2D eigenvalue weighted by Crippen LogP contribution is -2.38. The SMILES string of the molecule is CN(NC(=O)c1cc2c(NC(=O)c3cccc(CN4CCOCC4)c3)nn(C(=O)O)c2s1)c1ccccc1. The first-order valence-electron chi connectivity index (χ1n) is 11.9. The number of hydrazine groups is 1. The maximum atomic E-state index is 13.1. The Bertz CT molecular complexity index is 1480. The summed E-state index contributed by atoms with van der Waals surface area (Å²) in [7, 11) is 1.71. The summed E-state index contributed by atoms with van der Waals surface area (Å²) in [6.07, 6.45) is -1.32. The molecule has 4 aromatic rings. The first-order chi connectivity index (χ1) is 18.4. The molecule has 0 saturated carbocycles. The molecule has 3 N–H and O–H groups in total. The highest BCUT2D eigenvalue weighted by Crippen LogP contribution is 2.32. The van der Waals surface area contributed by atoms with Crippen LogP contribution in [0.25, 0.3) is 10.2 Å². The number of ether oxygens (including phenoxy) is 1. The van der Waals surface area contributed by atoms with Crippen molar-refractivity contribution in [3.8, 4) is 0 Å². The summed E-state index contributed by atoms with van der Waals surface area (Å²) < 4.78 is 6.16. The van der Waals surface area contributed by atoms with Crippen LogP contribution in [0.2, 0.25) is 0 Å². The maximum Gasteiger partial charge on any atom is 0.433 e. The number of amides is 2. The van der Waals surface area contributed by atoms with Gasteiger partial charge in [0.2, 0.25) is 0 Å². The Morgan fingerprint density at radius 2 is 1.82 bits per heavy atom. The predicted octanol–water partition coefficient (Wildman–Crippen LogP) is 3.49.